The van der Waals surface area contributed by atoms with E-state index in [1.807, 2.05) is 0 Å². The molecule has 0 unspecified atom stereocenters. The van der Waals surface area contributed by atoms with Crippen LogP contribution in [-0.2, 0) is 28.4 Å². The van der Waals surface area contributed by atoms with Crippen LogP contribution in [0.4, 0.5) is 23.4 Å². The molecule has 0 atom stereocenters. The molecule has 172 valence electrons. The quantitative estimate of drug-likeness (QED) is 0.623. The van der Waals surface area contributed by atoms with Gasteiger partial charge in [-0.2, -0.15) is 8.78 Å². The van der Waals surface area contributed by atoms with Gasteiger partial charge in [0.05, 0.1) is 30.0 Å². The molecular formula is C22H23F4N3O3. The van der Waals surface area contributed by atoms with Crippen molar-refractivity contribution in [3.8, 4) is 5.75 Å². The SMILES string of the molecule is Cc1nc(CC2(C(F)F)CC2)c(C2OCCO2)c(NCc2cccc3c2OCC3(F)F)n1. The van der Waals surface area contributed by atoms with E-state index in [0.29, 0.717) is 54.5 Å². The van der Waals surface area contributed by atoms with E-state index in [1.165, 1.54) is 6.07 Å². The topological polar surface area (TPSA) is 65.5 Å². The van der Waals surface area contributed by atoms with Crippen molar-refractivity contribution in [2.75, 3.05) is 25.1 Å². The highest BCUT2D eigenvalue weighted by Crippen LogP contribution is 2.54. The van der Waals surface area contributed by atoms with Gasteiger partial charge in [0.25, 0.3) is 0 Å². The van der Waals surface area contributed by atoms with Crippen LogP contribution in [0.3, 0.4) is 0 Å². The number of alkyl halides is 4. The summed E-state index contributed by atoms with van der Waals surface area (Å²) in [6.07, 6.45) is -2.26. The maximum atomic E-state index is 14.0. The Morgan fingerprint density at radius 1 is 1.16 bits per heavy atom. The first-order valence-corrected chi connectivity index (χ1v) is 10.5. The first kappa shape index (κ1) is 21.4. The van der Waals surface area contributed by atoms with Crippen molar-refractivity contribution in [2.24, 2.45) is 5.41 Å². The van der Waals surface area contributed by atoms with Crippen LogP contribution in [0.15, 0.2) is 18.2 Å². The molecule has 1 saturated heterocycles. The third-order valence-corrected chi connectivity index (χ3v) is 6.20. The zero-order chi connectivity index (χ0) is 22.5. The number of nitrogens with one attached hydrogen (secondary N) is 1. The number of nitrogens with zero attached hydrogens (tertiary/aromatic N) is 2. The summed E-state index contributed by atoms with van der Waals surface area (Å²) in [6, 6.07) is 4.60. The number of benzene rings is 1. The van der Waals surface area contributed by atoms with Gasteiger partial charge in [-0.3, -0.25) is 0 Å². The Bertz CT molecular complexity index is 1020. The molecule has 1 aliphatic carbocycles. The minimum atomic E-state index is -3.03. The predicted molar refractivity (Wildman–Crippen MR) is 106 cm³/mol. The zero-order valence-electron chi connectivity index (χ0n) is 17.5. The molecule has 0 amide bonds. The second kappa shape index (κ2) is 7.84. The van der Waals surface area contributed by atoms with E-state index < -0.39 is 30.7 Å². The van der Waals surface area contributed by atoms with Crippen LogP contribution in [0.25, 0.3) is 0 Å². The number of halogens is 4. The number of rotatable bonds is 7. The summed E-state index contributed by atoms with van der Waals surface area (Å²) in [4.78, 5) is 8.90. The molecule has 32 heavy (non-hydrogen) atoms. The van der Waals surface area contributed by atoms with Crippen LogP contribution in [0.5, 0.6) is 5.75 Å². The van der Waals surface area contributed by atoms with E-state index >= 15 is 0 Å². The Balaban J connectivity index is 1.47. The largest absolute Gasteiger partial charge is 0.486 e. The molecule has 10 heteroatoms. The maximum absolute atomic E-state index is 14.0. The van der Waals surface area contributed by atoms with Crippen molar-refractivity contribution in [3.05, 3.63) is 46.4 Å². The van der Waals surface area contributed by atoms with Gasteiger partial charge in [-0.25, -0.2) is 18.7 Å². The molecule has 6 nitrogen and oxygen atoms in total. The van der Waals surface area contributed by atoms with Gasteiger partial charge in [-0.05, 0) is 25.8 Å². The molecule has 1 N–H and O–H groups in total. The lowest BCUT2D eigenvalue weighted by Gasteiger charge is -2.22. The Hall–Kier alpha value is -2.46. The van der Waals surface area contributed by atoms with Crippen molar-refractivity contribution in [1.29, 1.82) is 0 Å². The molecule has 2 fully saturated rings. The van der Waals surface area contributed by atoms with Crippen molar-refractivity contribution in [1.82, 2.24) is 9.97 Å². The van der Waals surface area contributed by atoms with Gasteiger partial charge in [0.1, 0.15) is 17.4 Å². The smallest absolute Gasteiger partial charge is 0.310 e. The Kier molecular flexibility index (Phi) is 5.24. The number of anilines is 1. The summed E-state index contributed by atoms with van der Waals surface area (Å²) in [5, 5.41) is 3.16. The van der Waals surface area contributed by atoms with Crippen molar-refractivity contribution < 1.29 is 31.8 Å². The minimum Gasteiger partial charge on any atom is -0.486 e. The summed E-state index contributed by atoms with van der Waals surface area (Å²) in [5.74, 6) is -2.09. The number of fused-ring (bicyclic) bond motifs is 1. The Morgan fingerprint density at radius 2 is 1.91 bits per heavy atom. The number of hydrogen-bond donors (Lipinski definition) is 1. The third kappa shape index (κ3) is 3.79. The lowest BCUT2D eigenvalue weighted by atomic mass is 9.97. The van der Waals surface area contributed by atoms with Crippen LogP contribution < -0.4 is 10.1 Å². The van der Waals surface area contributed by atoms with E-state index in [4.69, 9.17) is 14.2 Å². The molecule has 0 bridgehead atoms. The van der Waals surface area contributed by atoms with Crippen molar-refractivity contribution in [3.63, 3.8) is 0 Å². The highest BCUT2D eigenvalue weighted by Gasteiger charge is 2.52. The Morgan fingerprint density at radius 3 is 2.59 bits per heavy atom. The first-order valence-electron chi connectivity index (χ1n) is 10.5. The van der Waals surface area contributed by atoms with E-state index in [2.05, 4.69) is 15.3 Å². The average molecular weight is 453 g/mol. The number of aryl methyl sites for hydroxylation is 1. The molecular weight excluding hydrogens is 430 g/mol. The number of para-hydroxylation sites is 1. The fourth-order valence-corrected chi connectivity index (χ4v) is 4.25. The van der Waals surface area contributed by atoms with Crippen LogP contribution in [0, 0.1) is 12.3 Å². The molecule has 3 heterocycles. The number of hydrogen-bond acceptors (Lipinski definition) is 6. The molecule has 3 aliphatic rings. The number of ether oxygens (including phenoxy) is 3. The normalized spacial score (nSPS) is 20.9. The summed E-state index contributed by atoms with van der Waals surface area (Å²) in [6.45, 7) is 1.87. The van der Waals surface area contributed by atoms with Gasteiger partial charge in [0, 0.05) is 23.9 Å². The third-order valence-electron chi connectivity index (χ3n) is 6.20. The second-order valence-corrected chi connectivity index (χ2v) is 8.53. The van der Waals surface area contributed by atoms with Crippen molar-refractivity contribution in [2.45, 2.75) is 51.4 Å². The van der Waals surface area contributed by atoms with E-state index in [0.717, 1.165) is 0 Å². The van der Waals surface area contributed by atoms with Gasteiger partial charge < -0.3 is 19.5 Å². The molecule has 2 aliphatic heterocycles. The van der Waals surface area contributed by atoms with Gasteiger partial charge in [0.2, 0.25) is 6.43 Å². The van der Waals surface area contributed by atoms with E-state index in [-0.39, 0.29) is 24.3 Å². The molecule has 5 rings (SSSR count). The molecule has 0 radical (unpaired) electrons. The van der Waals surface area contributed by atoms with Crippen LogP contribution in [0.1, 0.15) is 47.3 Å². The Labute approximate surface area is 182 Å². The van der Waals surface area contributed by atoms with Gasteiger partial charge in [-0.15, -0.1) is 0 Å². The van der Waals surface area contributed by atoms with Gasteiger partial charge >= 0.3 is 5.92 Å². The number of aromatic nitrogens is 2. The highest BCUT2D eigenvalue weighted by molar-refractivity contribution is 5.52. The first-order chi connectivity index (χ1) is 15.3. The standard InChI is InChI=1S/C22H23F4N3O3/c1-12-28-15(9-21(5-6-21)20(23)24)16(19-30-7-8-31-19)18(29-12)27-10-13-3-2-4-14-17(13)32-11-22(14,25)26/h2-4,19-20H,5-11H2,1H3,(H,27,28,29). The molecule has 0 spiro atoms. The fourth-order valence-electron chi connectivity index (χ4n) is 4.25. The monoisotopic (exact) mass is 453 g/mol. The van der Waals surface area contributed by atoms with E-state index in [1.54, 1.807) is 19.1 Å². The average Bonchev–Trinajstić information content (AvgIpc) is 3.20. The van der Waals surface area contributed by atoms with Crippen LogP contribution >= 0.6 is 0 Å². The second-order valence-electron chi connectivity index (χ2n) is 8.53. The summed E-state index contributed by atoms with van der Waals surface area (Å²) in [5.41, 5.74) is 0.268. The summed E-state index contributed by atoms with van der Waals surface area (Å²) in [7, 11) is 0. The maximum Gasteiger partial charge on any atom is 0.310 e. The lowest BCUT2D eigenvalue weighted by molar-refractivity contribution is -0.0452. The predicted octanol–water partition coefficient (Wildman–Crippen LogP) is 4.51. The fraction of sp³-hybridized carbons (Fsp3) is 0.545. The van der Waals surface area contributed by atoms with E-state index in [9.17, 15) is 17.6 Å². The van der Waals surface area contributed by atoms with Gasteiger partial charge in [-0.1, -0.05) is 12.1 Å². The molecule has 1 aromatic carbocycles. The molecule has 1 aromatic heterocycles. The van der Waals surface area contributed by atoms with Crippen LogP contribution in [0.2, 0.25) is 0 Å². The lowest BCUT2D eigenvalue weighted by Crippen LogP contribution is -2.21. The highest BCUT2D eigenvalue weighted by atomic mass is 19.3. The zero-order valence-corrected chi connectivity index (χ0v) is 17.5. The molecule has 2 aromatic rings. The van der Waals surface area contributed by atoms with Gasteiger partial charge in [0.15, 0.2) is 12.9 Å². The van der Waals surface area contributed by atoms with Crippen molar-refractivity contribution >= 4 is 5.82 Å². The minimum absolute atomic E-state index is 0.0946. The van der Waals surface area contributed by atoms with Crippen LogP contribution in [-0.4, -0.2) is 36.2 Å². The summed E-state index contributed by atoms with van der Waals surface area (Å²) < 4.78 is 71.9. The summed E-state index contributed by atoms with van der Waals surface area (Å²) >= 11 is 0. The molecule has 1 saturated carbocycles.